The first-order valence-corrected chi connectivity index (χ1v) is 7.62. The van der Waals surface area contributed by atoms with Crippen molar-refractivity contribution >= 4 is 56.0 Å². The predicted molar refractivity (Wildman–Crippen MR) is 84.1 cm³/mol. The third-order valence-corrected chi connectivity index (χ3v) is 4.84. The van der Waals surface area contributed by atoms with E-state index < -0.39 is 4.92 Å². The number of non-ortho nitro benzene ring substituents is 1. The Balaban J connectivity index is 2.21. The number of benzene rings is 2. The third kappa shape index (κ3) is 3.46. The second-order valence-electron chi connectivity index (χ2n) is 3.43. The molecule has 18 heavy (non-hydrogen) atoms. The van der Waals surface area contributed by atoms with Gasteiger partial charge in [-0.1, -0.05) is 11.8 Å². The monoisotopic (exact) mass is 435 g/mol. The molecule has 6 heteroatoms. The molecule has 3 nitrogen and oxygen atoms in total. The summed E-state index contributed by atoms with van der Waals surface area (Å²) in [5.41, 5.74) is 0.112. The van der Waals surface area contributed by atoms with E-state index in [9.17, 15) is 10.1 Å². The standard InChI is InChI=1S/C12H7BrINO2S/c13-11-7-8(14)1-6-12(11)18-10-4-2-9(3-5-10)15(16)17/h1-7H. The van der Waals surface area contributed by atoms with E-state index in [4.69, 9.17) is 0 Å². The molecule has 0 aromatic heterocycles. The average molecular weight is 436 g/mol. The summed E-state index contributed by atoms with van der Waals surface area (Å²) in [6.45, 7) is 0. The zero-order valence-electron chi connectivity index (χ0n) is 8.97. The van der Waals surface area contributed by atoms with Crippen LogP contribution in [0.1, 0.15) is 0 Å². The summed E-state index contributed by atoms with van der Waals surface area (Å²) >= 11 is 7.33. The van der Waals surface area contributed by atoms with E-state index in [1.54, 1.807) is 23.9 Å². The van der Waals surface area contributed by atoms with E-state index in [0.717, 1.165) is 17.8 Å². The summed E-state index contributed by atoms with van der Waals surface area (Å²) in [4.78, 5) is 12.2. The molecule has 0 aliphatic heterocycles. The number of hydrogen-bond donors (Lipinski definition) is 0. The van der Waals surface area contributed by atoms with E-state index in [-0.39, 0.29) is 5.69 Å². The molecule has 0 aliphatic carbocycles. The van der Waals surface area contributed by atoms with Gasteiger partial charge in [0.2, 0.25) is 0 Å². The van der Waals surface area contributed by atoms with Crippen molar-refractivity contribution in [2.24, 2.45) is 0 Å². The van der Waals surface area contributed by atoms with Gasteiger partial charge in [0.05, 0.1) is 4.92 Å². The van der Waals surface area contributed by atoms with Crippen LogP contribution in [0.3, 0.4) is 0 Å². The number of hydrogen-bond acceptors (Lipinski definition) is 3. The fourth-order valence-electron chi connectivity index (χ4n) is 1.32. The molecule has 0 bridgehead atoms. The lowest BCUT2D eigenvalue weighted by Crippen LogP contribution is -1.86. The molecular formula is C12H7BrINO2S. The average Bonchev–Trinajstić information content (AvgIpc) is 2.33. The van der Waals surface area contributed by atoms with Crippen molar-refractivity contribution in [1.82, 2.24) is 0 Å². The molecular weight excluding hydrogens is 429 g/mol. The van der Waals surface area contributed by atoms with Gasteiger partial charge in [-0.2, -0.15) is 0 Å². The molecule has 0 atom stereocenters. The maximum atomic E-state index is 10.6. The molecule has 0 radical (unpaired) electrons. The predicted octanol–water partition coefficient (Wildman–Crippen LogP) is 5.11. The van der Waals surface area contributed by atoms with Crippen LogP contribution in [0.5, 0.6) is 0 Å². The van der Waals surface area contributed by atoms with Crippen molar-refractivity contribution in [1.29, 1.82) is 0 Å². The number of halogens is 2. The Morgan fingerprint density at radius 3 is 2.39 bits per heavy atom. The minimum atomic E-state index is -0.394. The third-order valence-electron chi connectivity index (χ3n) is 2.17. The first-order chi connectivity index (χ1) is 8.56. The number of rotatable bonds is 3. The number of nitrogens with zero attached hydrogens (tertiary/aromatic N) is 1. The number of nitro groups is 1. The van der Waals surface area contributed by atoms with Gasteiger partial charge in [-0.05, 0) is 68.9 Å². The molecule has 0 unspecified atom stereocenters. The van der Waals surface area contributed by atoms with E-state index >= 15 is 0 Å². The van der Waals surface area contributed by atoms with Crippen LogP contribution in [0.25, 0.3) is 0 Å². The van der Waals surface area contributed by atoms with Crippen molar-refractivity contribution in [3.8, 4) is 0 Å². The van der Waals surface area contributed by atoms with Gasteiger partial charge in [0.1, 0.15) is 0 Å². The molecule has 0 aliphatic rings. The highest BCUT2D eigenvalue weighted by atomic mass is 127. The Kier molecular flexibility index (Phi) is 4.63. The minimum absolute atomic E-state index is 0.112. The van der Waals surface area contributed by atoms with Gasteiger partial charge in [-0.15, -0.1) is 0 Å². The Morgan fingerprint density at radius 1 is 1.17 bits per heavy atom. The van der Waals surface area contributed by atoms with Crippen molar-refractivity contribution in [3.05, 3.63) is 60.6 Å². The highest BCUT2D eigenvalue weighted by Crippen LogP contribution is 2.34. The second-order valence-corrected chi connectivity index (χ2v) is 6.64. The first kappa shape index (κ1) is 13.8. The molecule has 2 aromatic rings. The molecule has 0 saturated carbocycles. The van der Waals surface area contributed by atoms with Crippen LogP contribution in [0.2, 0.25) is 0 Å². The maximum Gasteiger partial charge on any atom is 0.269 e. The molecule has 92 valence electrons. The molecule has 0 saturated heterocycles. The maximum absolute atomic E-state index is 10.6. The van der Waals surface area contributed by atoms with Crippen molar-refractivity contribution in [3.63, 3.8) is 0 Å². The fraction of sp³-hybridized carbons (Fsp3) is 0. The van der Waals surface area contributed by atoms with Gasteiger partial charge in [-0.25, -0.2) is 0 Å². The van der Waals surface area contributed by atoms with Crippen LogP contribution in [0.4, 0.5) is 5.69 Å². The van der Waals surface area contributed by atoms with Gasteiger partial charge in [0, 0.05) is 30.0 Å². The fourth-order valence-corrected chi connectivity index (χ4v) is 3.68. The lowest BCUT2D eigenvalue weighted by Gasteiger charge is -2.04. The van der Waals surface area contributed by atoms with E-state index in [1.807, 2.05) is 18.2 Å². The molecule has 2 aromatic carbocycles. The summed E-state index contributed by atoms with van der Waals surface area (Å²) in [7, 11) is 0. The van der Waals surface area contributed by atoms with Crippen LogP contribution < -0.4 is 0 Å². The van der Waals surface area contributed by atoms with Crippen LogP contribution in [0.15, 0.2) is 56.7 Å². The van der Waals surface area contributed by atoms with Gasteiger partial charge in [0.25, 0.3) is 5.69 Å². The smallest absolute Gasteiger partial charge is 0.258 e. The second kappa shape index (κ2) is 6.03. The zero-order valence-corrected chi connectivity index (χ0v) is 13.5. The van der Waals surface area contributed by atoms with Crippen LogP contribution in [-0.2, 0) is 0 Å². The van der Waals surface area contributed by atoms with E-state index in [1.165, 1.54) is 12.1 Å². The minimum Gasteiger partial charge on any atom is -0.258 e. The Morgan fingerprint density at radius 2 is 1.83 bits per heavy atom. The molecule has 2 rings (SSSR count). The largest absolute Gasteiger partial charge is 0.269 e. The van der Waals surface area contributed by atoms with E-state index in [2.05, 4.69) is 38.5 Å². The van der Waals surface area contributed by atoms with Crippen LogP contribution in [0, 0.1) is 13.7 Å². The molecule has 0 amide bonds. The molecule has 0 spiro atoms. The lowest BCUT2D eigenvalue weighted by atomic mass is 10.3. The van der Waals surface area contributed by atoms with Crippen LogP contribution >= 0.6 is 50.3 Å². The zero-order chi connectivity index (χ0) is 13.1. The molecule has 0 heterocycles. The Labute approximate surface area is 130 Å². The van der Waals surface area contributed by atoms with Crippen molar-refractivity contribution < 1.29 is 4.92 Å². The van der Waals surface area contributed by atoms with E-state index in [0.29, 0.717) is 0 Å². The SMILES string of the molecule is O=[N+]([O-])c1ccc(Sc2ccc(I)cc2Br)cc1. The van der Waals surface area contributed by atoms with Gasteiger partial charge in [-0.3, -0.25) is 10.1 Å². The first-order valence-electron chi connectivity index (χ1n) is 4.93. The van der Waals surface area contributed by atoms with Crippen LogP contribution in [-0.4, -0.2) is 4.92 Å². The molecule has 0 N–H and O–H groups in total. The summed E-state index contributed by atoms with van der Waals surface area (Å²) in [5.74, 6) is 0. The van der Waals surface area contributed by atoms with Crippen molar-refractivity contribution in [2.45, 2.75) is 9.79 Å². The summed E-state index contributed by atoms with van der Waals surface area (Å²) in [5, 5.41) is 10.6. The Hall–Kier alpha value is -0.600. The quantitative estimate of drug-likeness (QED) is 0.382. The highest BCUT2D eigenvalue weighted by molar-refractivity contribution is 14.1. The highest BCUT2D eigenvalue weighted by Gasteiger charge is 2.06. The van der Waals surface area contributed by atoms with Gasteiger partial charge >= 0.3 is 0 Å². The summed E-state index contributed by atoms with van der Waals surface area (Å²) in [6.07, 6.45) is 0. The topological polar surface area (TPSA) is 43.1 Å². The number of nitro benzene ring substituents is 1. The lowest BCUT2D eigenvalue weighted by molar-refractivity contribution is -0.384. The summed E-state index contributed by atoms with van der Waals surface area (Å²) in [6, 6.07) is 12.6. The molecule has 0 fully saturated rings. The van der Waals surface area contributed by atoms with Gasteiger partial charge < -0.3 is 0 Å². The van der Waals surface area contributed by atoms with Crippen molar-refractivity contribution in [2.75, 3.05) is 0 Å². The Bertz CT molecular complexity index is 589. The van der Waals surface area contributed by atoms with Gasteiger partial charge in [0.15, 0.2) is 0 Å². The summed E-state index contributed by atoms with van der Waals surface area (Å²) < 4.78 is 2.19. The normalized spacial score (nSPS) is 10.3.